The molecule has 0 bridgehead atoms. The fraction of sp³-hybridized carbons (Fsp3) is 0.609. The number of halogens is 2. The maximum absolute atomic E-state index is 13.4. The number of rotatable bonds is 7. The second-order valence-electron chi connectivity index (χ2n) is 9.24. The third-order valence-corrected chi connectivity index (χ3v) is 9.75. The molecule has 3 heterocycles. The van der Waals surface area contributed by atoms with Crippen LogP contribution in [0.5, 0.6) is 0 Å². The van der Waals surface area contributed by atoms with Crippen LogP contribution >= 0.6 is 23.2 Å². The zero-order valence-electron chi connectivity index (χ0n) is 19.8. The maximum Gasteiger partial charge on any atom is 0.267 e. The first-order valence-corrected chi connectivity index (χ1v) is 13.7. The largest absolute Gasteiger partial charge is 0.301 e. The van der Waals surface area contributed by atoms with Gasteiger partial charge in [-0.2, -0.15) is 5.10 Å². The van der Waals surface area contributed by atoms with Gasteiger partial charge in [-0.25, -0.2) is 8.42 Å². The minimum absolute atomic E-state index is 0.0582. The van der Waals surface area contributed by atoms with E-state index in [1.807, 2.05) is 6.92 Å². The lowest BCUT2D eigenvalue weighted by Crippen LogP contribution is -2.50. The predicted molar refractivity (Wildman–Crippen MR) is 134 cm³/mol. The number of aryl methyl sites for hydroxylation is 3. The van der Waals surface area contributed by atoms with Crippen LogP contribution in [-0.2, 0) is 23.5 Å². The number of hydrogen-bond acceptors (Lipinski definition) is 5. The molecule has 0 aliphatic carbocycles. The van der Waals surface area contributed by atoms with Crippen molar-refractivity contribution in [2.75, 3.05) is 44.1 Å². The number of piperazine rings is 1. The fourth-order valence-electron chi connectivity index (χ4n) is 5.24. The highest BCUT2D eigenvalue weighted by molar-refractivity contribution is 7.93. The van der Waals surface area contributed by atoms with Gasteiger partial charge in [-0.1, -0.05) is 23.2 Å². The van der Waals surface area contributed by atoms with Crippen molar-refractivity contribution in [3.63, 3.8) is 0 Å². The lowest BCUT2D eigenvalue weighted by molar-refractivity contribution is 0.104. The van der Waals surface area contributed by atoms with Crippen molar-refractivity contribution in [1.29, 1.82) is 0 Å². The van der Waals surface area contributed by atoms with E-state index in [1.165, 1.54) is 30.7 Å². The molecule has 4 rings (SSSR count). The highest BCUT2D eigenvalue weighted by Gasteiger charge is 2.31. The topological polar surface area (TPSA) is 61.7 Å². The summed E-state index contributed by atoms with van der Waals surface area (Å²) >= 11 is 13.0. The van der Waals surface area contributed by atoms with Gasteiger partial charge in [0.05, 0.1) is 27.1 Å². The van der Waals surface area contributed by atoms with Crippen LogP contribution in [0.1, 0.15) is 36.2 Å². The Morgan fingerprint density at radius 2 is 1.85 bits per heavy atom. The maximum atomic E-state index is 13.4. The Kier molecular flexibility index (Phi) is 7.32. The molecule has 33 heavy (non-hydrogen) atoms. The molecule has 0 radical (unpaired) electrons. The van der Waals surface area contributed by atoms with E-state index in [-0.39, 0.29) is 14.9 Å². The molecular formula is C23H33Cl2N5O2S. The summed E-state index contributed by atoms with van der Waals surface area (Å²) in [5.41, 5.74) is 2.88. The quantitative estimate of drug-likeness (QED) is 0.562. The summed E-state index contributed by atoms with van der Waals surface area (Å²) in [4.78, 5) is 5.10. The average Bonchev–Trinajstić information content (AvgIpc) is 3.30. The average molecular weight is 515 g/mol. The smallest absolute Gasteiger partial charge is 0.267 e. The number of sulfonamides is 1. The molecule has 10 heteroatoms. The molecule has 7 nitrogen and oxygen atoms in total. The first kappa shape index (κ1) is 24.8. The minimum Gasteiger partial charge on any atom is -0.301 e. The number of hydrogen-bond donors (Lipinski definition) is 0. The van der Waals surface area contributed by atoms with Crippen LogP contribution in [0, 0.1) is 13.8 Å². The monoisotopic (exact) mass is 513 g/mol. The van der Waals surface area contributed by atoms with Gasteiger partial charge in [-0.3, -0.25) is 13.9 Å². The summed E-state index contributed by atoms with van der Waals surface area (Å²) in [6.07, 6.45) is 4.42. The third-order valence-electron chi connectivity index (χ3n) is 7.07. The van der Waals surface area contributed by atoms with Gasteiger partial charge in [0, 0.05) is 39.8 Å². The van der Waals surface area contributed by atoms with Gasteiger partial charge in [0.15, 0.2) is 0 Å². The summed E-state index contributed by atoms with van der Waals surface area (Å²) in [5, 5.41) is 4.64. The molecule has 2 saturated heterocycles. The Balaban J connectivity index is 1.45. The van der Waals surface area contributed by atoms with E-state index in [1.54, 1.807) is 30.8 Å². The van der Waals surface area contributed by atoms with Crippen molar-refractivity contribution in [2.45, 2.75) is 50.5 Å². The Bertz CT molecular complexity index is 1110. The molecule has 2 fully saturated rings. The second kappa shape index (κ2) is 9.74. The molecule has 0 amide bonds. The number of benzene rings is 1. The normalized spacial score (nSPS) is 19.8. The second-order valence-corrected chi connectivity index (χ2v) is 12.0. The highest BCUT2D eigenvalue weighted by atomic mass is 35.5. The van der Waals surface area contributed by atoms with Crippen LogP contribution in [0.2, 0.25) is 10.0 Å². The van der Waals surface area contributed by atoms with Crippen LogP contribution in [0.4, 0.5) is 5.69 Å². The number of anilines is 1. The van der Waals surface area contributed by atoms with Crippen LogP contribution in [0.25, 0.3) is 0 Å². The van der Waals surface area contributed by atoms with Crippen molar-refractivity contribution in [2.24, 2.45) is 7.05 Å². The van der Waals surface area contributed by atoms with E-state index in [0.717, 1.165) is 56.3 Å². The molecule has 1 atom stereocenters. The molecule has 2 aliphatic heterocycles. The van der Waals surface area contributed by atoms with Gasteiger partial charge in [-0.05, 0) is 70.3 Å². The van der Waals surface area contributed by atoms with E-state index < -0.39 is 10.0 Å². The molecule has 0 N–H and O–H groups in total. The third kappa shape index (κ3) is 4.91. The lowest BCUT2D eigenvalue weighted by atomic mass is 10.1. The summed E-state index contributed by atoms with van der Waals surface area (Å²) in [6.45, 7) is 9.33. The SMILES string of the molecule is Cc1nn(C)c(C)c1N(C)S(=O)(=O)c1c(Cl)cc(CCCN2CCN3CCC[C@@H]3C2)cc1Cl. The Hall–Kier alpha value is -1.32. The fourth-order valence-corrected chi connectivity index (χ4v) is 7.75. The van der Waals surface area contributed by atoms with Gasteiger partial charge in [0.2, 0.25) is 0 Å². The van der Waals surface area contributed by atoms with E-state index in [2.05, 4.69) is 14.9 Å². The number of aromatic nitrogens is 2. The predicted octanol–water partition coefficient (Wildman–Crippen LogP) is 3.88. The van der Waals surface area contributed by atoms with Crippen molar-refractivity contribution >= 4 is 38.9 Å². The molecule has 2 aromatic rings. The van der Waals surface area contributed by atoms with Gasteiger partial charge >= 0.3 is 0 Å². The molecule has 0 saturated carbocycles. The molecule has 182 valence electrons. The summed E-state index contributed by atoms with van der Waals surface area (Å²) in [5.74, 6) is 0. The minimum atomic E-state index is -3.94. The first-order valence-electron chi connectivity index (χ1n) is 11.5. The zero-order valence-corrected chi connectivity index (χ0v) is 22.1. The van der Waals surface area contributed by atoms with E-state index in [9.17, 15) is 8.42 Å². The molecule has 1 aromatic carbocycles. The van der Waals surface area contributed by atoms with Gasteiger partial charge < -0.3 is 4.90 Å². The summed E-state index contributed by atoms with van der Waals surface area (Å²) in [7, 11) is -0.647. The van der Waals surface area contributed by atoms with Crippen molar-refractivity contribution in [3.05, 3.63) is 39.1 Å². The summed E-state index contributed by atoms with van der Waals surface area (Å²) in [6, 6.07) is 4.20. The molecule has 0 unspecified atom stereocenters. The highest BCUT2D eigenvalue weighted by Crippen LogP contribution is 2.36. The van der Waals surface area contributed by atoms with Crippen LogP contribution in [0.3, 0.4) is 0 Å². The lowest BCUT2D eigenvalue weighted by Gasteiger charge is -2.37. The Morgan fingerprint density at radius 1 is 1.15 bits per heavy atom. The molecule has 2 aliphatic rings. The van der Waals surface area contributed by atoms with Crippen molar-refractivity contribution < 1.29 is 8.42 Å². The molecule has 1 aromatic heterocycles. The zero-order chi connectivity index (χ0) is 23.9. The van der Waals surface area contributed by atoms with Crippen molar-refractivity contribution in [3.8, 4) is 0 Å². The van der Waals surface area contributed by atoms with E-state index in [0.29, 0.717) is 11.4 Å². The Morgan fingerprint density at radius 3 is 2.48 bits per heavy atom. The molecular weight excluding hydrogens is 481 g/mol. The standard InChI is InChI=1S/C23H33Cl2N5O2S/c1-16-22(17(2)27(3)26-16)28(4)33(31,32)23-20(24)13-18(14-21(23)25)7-5-9-29-11-12-30-10-6-8-19(30)15-29/h13-14,19H,5-12,15H2,1-4H3/t19-/m1/s1. The first-order chi connectivity index (χ1) is 15.6. The number of fused-ring (bicyclic) bond motifs is 1. The van der Waals surface area contributed by atoms with Gasteiger partial charge in [0.1, 0.15) is 4.90 Å². The molecule has 0 spiro atoms. The van der Waals surface area contributed by atoms with Crippen molar-refractivity contribution in [1.82, 2.24) is 19.6 Å². The van der Waals surface area contributed by atoms with Gasteiger partial charge in [-0.15, -0.1) is 0 Å². The van der Waals surface area contributed by atoms with E-state index in [4.69, 9.17) is 23.2 Å². The van der Waals surface area contributed by atoms with Gasteiger partial charge in [0.25, 0.3) is 10.0 Å². The van der Waals surface area contributed by atoms with Crippen LogP contribution < -0.4 is 4.31 Å². The van der Waals surface area contributed by atoms with Crippen LogP contribution in [-0.4, -0.2) is 73.8 Å². The Labute approximate surface area is 207 Å². The number of nitrogens with zero attached hydrogens (tertiary/aromatic N) is 5. The summed E-state index contributed by atoms with van der Waals surface area (Å²) < 4.78 is 29.7. The van der Waals surface area contributed by atoms with E-state index >= 15 is 0 Å². The van der Waals surface area contributed by atoms with Crippen LogP contribution in [0.15, 0.2) is 17.0 Å².